The number of hydrogen-bond donors (Lipinski definition) is 0. The van der Waals surface area contributed by atoms with Gasteiger partial charge in [0.2, 0.25) is 0 Å². The van der Waals surface area contributed by atoms with Crippen molar-refractivity contribution in [3.8, 4) is 0 Å². The maximum atomic E-state index is 13.8. The van der Waals surface area contributed by atoms with Crippen molar-refractivity contribution in [2.45, 2.75) is 31.6 Å². The fourth-order valence-corrected chi connectivity index (χ4v) is 1.71. The van der Waals surface area contributed by atoms with Gasteiger partial charge in [-0.1, -0.05) is 6.07 Å². The average Bonchev–Trinajstić information content (AvgIpc) is 2.24. The molecule has 1 aromatic rings. The van der Waals surface area contributed by atoms with E-state index in [2.05, 4.69) is 10.8 Å². The Morgan fingerprint density at radius 2 is 1.50 bits per heavy atom. The molecular weight excluding hydrogens is 293 g/mol. The summed E-state index contributed by atoms with van der Waals surface area (Å²) in [5.41, 5.74) is -7.11. The molecule has 8 heteroatoms. The van der Waals surface area contributed by atoms with Crippen LogP contribution in [0.2, 0.25) is 0 Å². The van der Waals surface area contributed by atoms with Crippen molar-refractivity contribution in [1.82, 2.24) is 0 Å². The topological polar surface area (TPSA) is 9.23 Å². The molecule has 1 radical (unpaired) electrons. The molecule has 0 aromatic heterocycles. The molecule has 0 heterocycles. The predicted octanol–water partition coefficient (Wildman–Crippen LogP) is 4.23. The lowest BCUT2D eigenvalue weighted by Crippen LogP contribution is -2.50. The minimum Gasteiger partial charge on any atom is -0.380 e. The van der Waals surface area contributed by atoms with Crippen LogP contribution in [0.5, 0.6) is 0 Å². The number of alkyl halides is 7. The highest BCUT2D eigenvalue weighted by molar-refractivity contribution is 5.34. The van der Waals surface area contributed by atoms with Crippen molar-refractivity contribution < 1.29 is 35.5 Å². The van der Waals surface area contributed by atoms with Crippen molar-refractivity contribution in [3.05, 3.63) is 34.9 Å². The summed E-state index contributed by atoms with van der Waals surface area (Å²) in [6, 6.07) is 3.43. The molecule has 0 bridgehead atoms. The first kappa shape index (κ1) is 16.7. The quantitative estimate of drug-likeness (QED) is 0.759. The van der Waals surface area contributed by atoms with Crippen LogP contribution in [-0.2, 0) is 17.0 Å². The standard InChI is InChI=1S/C12H10F7O/c1-7-3-8(6-20-2)5-9(4-7)10(13,11(14,15)16)12(17,18)19/h4-5H,6H2,1-2H3. The Bertz CT molecular complexity index is 462. The van der Waals surface area contributed by atoms with Crippen LogP contribution in [0.1, 0.15) is 16.7 Å². The summed E-state index contributed by atoms with van der Waals surface area (Å²) in [6.45, 7) is 0.941. The van der Waals surface area contributed by atoms with Gasteiger partial charge in [-0.25, -0.2) is 4.39 Å². The third-order valence-electron chi connectivity index (χ3n) is 2.54. The zero-order chi connectivity index (χ0) is 15.8. The lowest BCUT2D eigenvalue weighted by Gasteiger charge is -2.30. The zero-order valence-corrected chi connectivity index (χ0v) is 10.4. The van der Waals surface area contributed by atoms with Crippen LogP contribution in [0.25, 0.3) is 0 Å². The molecule has 0 atom stereocenters. The van der Waals surface area contributed by atoms with Gasteiger partial charge in [-0.3, -0.25) is 0 Å². The van der Waals surface area contributed by atoms with Crippen LogP contribution in [0, 0.1) is 13.0 Å². The first-order valence-corrected chi connectivity index (χ1v) is 5.28. The van der Waals surface area contributed by atoms with Gasteiger partial charge in [0.25, 0.3) is 0 Å². The van der Waals surface area contributed by atoms with Gasteiger partial charge in [-0.05, 0) is 30.2 Å². The molecule has 0 aliphatic heterocycles. The number of aryl methyl sites for hydroxylation is 1. The second kappa shape index (κ2) is 5.23. The van der Waals surface area contributed by atoms with E-state index < -0.39 is 23.6 Å². The fraction of sp³-hybridized carbons (Fsp3) is 0.500. The van der Waals surface area contributed by atoms with Crippen molar-refractivity contribution in [3.63, 3.8) is 0 Å². The Hall–Kier alpha value is -1.31. The number of hydrogen-bond acceptors (Lipinski definition) is 1. The number of benzene rings is 1. The monoisotopic (exact) mass is 303 g/mol. The molecule has 1 rings (SSSR count). The van der Waals surface area contributed by atoms with Gasteiger partial charge in [-0.2, -0.15) is 26.3 Å². The molecule has 1 aromatic carbocycles. The molecule has 0 fully saturated rings. The van der Waals surface area contributed by atoms with E-state index in [1.807, 2.05) is 0 Å². The van der Waals surface area contributed by atoms with Crippen molar-refractivity contribution in [2.75, 3.05) is 7.11 Å². The molecule has 1 nitrogen and oxygen atoms in total. The SMILES string of the molecule is COCc1[c]c(C)cc(C(F)(C(F)(F)F)C(F)(F)F)c1. The smallest absolute Gasteiger partial charge is 0.380 e. The highest BCUT2D eigenvalue weighted by atomic mass is 19.4. The van der Waals surface area contributed by atoms with Crippen LogP contribution in [0.15, 0.2) is 12.1 Å². The maximum Gasteiger partial charge on any atom is 0.435 e. The molecule has 0 N–H and O–H groups in total. The van der Waals surface area contributed by atoms with Crippen LogP contribution in [0.4, 0.5) is 30.7 Å². The zero-order valence-electron chi connectivity index (χ0n) is 10.4. The first-order chi connectivity index (χ1) is 8.93. The first-order valence-electron chi connectivity index (χ1n) is 5.28. The highest BCUT2D eigenvalue weighted by Crippen LogP contribution is 2.53. The van der Waals surface area contributed by atoms with E-state index in [1.165, 1.54) is 14.0 Å². The Morgan fingerprint density at radius 1 is 1.00 bits per heavy atom. The molecular formula is C12H10F7O. The van der Waals surface area contributed by atoms with Gasteiger partial charge in [0.1, 0.15) is 0 Å². The molecule has 0 unspecified atom stereocenters. The molecule has 0 saturated heterocycles. The number of ether oxygens (including phenoxy) is 1. The number of rotatable bonds is 3. The summed E-state index contributed by atoms with van der Waals surface area (Å²) >= 11 is 0. The van der Waals surface area contributed by atoms with Crippen LogP contribution in [-0.4, -0.2) is 19.5 Å². The maximum absolute atomic E-state index is 13.8. The van der Waals surface area contributed by atoms with Gasteiger partial charge in [0.05, 0.1) is 6.61 Å². The van der Waals surface area contributed by atoms with Crippen molar-refractivity contribution in [1.29, 1.82) is 0 Å². The number of methoxy groups -OCH3 is 1. The second-order valence-corrected chi connectivity index (χ2v) is 4.16. The van der Waals surface area contributed by atoms with Gasteiger partial charge in [0, 0.05) is 12.7 Å². The molecule has 20 heavy (non-hydrogen) atoms. The summed E-state index contributed by atoms with van der Waals surface area (Å²) in [5.74, 6) is 0. The lowest BCUT2D eigenvalue weighted by molar-refractivity contribution is -0.348. The second-order valence-electron chi connectivity index (χ2n) is 4.16. The van der Waals surface area contributed by atoms with Crippen LogP contribution < -0.4 is 0 Å². The summed E-state index contributed by atoms with van der Waals surface area (Å²) in [4.78, 5) is 0. The van der Waals surface area contributed by atoms with E-state index in [0.29, 0.717) is 12.1 Å². The Kier molecular flexibility index (Phi) is 4.38. The Labute approximate surface area is 110 Å². The third kappa shape index (κ3) is 2.89. The molecule has 113 valence electrons. The van der Waals surface area contributed by atoms with Crippen LogP contribution in [0.3, 0.4) is 0 Å². The Morgan fingerprint density at radius 3 is 1.90 bits per heavy atom. The lowest BCUT2D eigenvalue weighted by atomic mass is 9.91. The van der Waals surface area contributed by atoms with Gasteiger partial charge >= 0.3 is 18.0 Å². The number of halogens is 7. The van der Waals surface area contributed by atoms with E-state index in [4.69, 9.17) is 0 Å². The van der Waals surface area contributed by atoms with Crippen molar-refractivity contribution in [2.24, 2.45) is 0 Å². The largest absolute Gasteiger partial charge is 0.435 e. The Balaban J connectivity index is 3.51. The van der Waals surface area contributed by atoms with E-state index >= 15 is 0 Å². The molecule has 0 spiro atoms. The molecule has 0 saturated carbocycles. The van der Waals surface area contributed by atoms with E-state index in [9.17, 15) is 30.7 Å². The van der Waals surface area contributed by atoms with Gasteiger partial charge < -0.3 is 4.74 Å². The minimum absolute atomic E-state index is 0.0509. The van der Waals surface area contributed by atoms with Gasteiger partial charge in [0.15, 0.2) is 0 Å². The average molecular weight is 303 g/mol. The van der Waals surface area contributed by atoms with E-state index in [0.717, 1.165) is 0 Å². The van der Waals surface area contributed by atoms with E-state index in [-0.39, 0.29) is 17.7 Å². The molecule has 0 aliphatic carbocycles. The van der Waals surface area contributed by atoms with Crippen molar-refractivity contribution >= 4 is 0 Å². The summed E-state index contributed by atoms with van der Waals surface area (Å²) in [7, 11) is 1.20. The normalized spacial score (nSPS) is 13.7. The summed E-state index contributed by atoms with van der Waals surface area (Å²) in [6.07, 6.45) is -12.2. The van der Waals surface area contributed by atoms with Gasteiger partial charge in [-0.15, -0.1) is 0 Å². The minimum atomic E-state index is -6.12. The highest BCUT2D eigenvalue weighted by Gasteiger charge is 2.73. The van der Waals surface area contributed by atoms with Crippen LogP contribution >= 0.6 is 0 Å². The summed E-state index contributed by atoms with van der Waals surface area (Å²) in [5, 5.41) is 0. The summed E-state index contributed by atoms with van der Waals surface area (Å²) < 4.78 is 94.0. The fourth-order valence-electron chi connectivity index (χ4n) is 1.71. The third-order valence-corrected chi connectivity index (χ3v) is 2.54. The van der Waals surface area contributed by atoms with E-state index in [1.54, 1.807) is 0 Å². The molecule has 0 aliphatic rings. The molecule has 0 amide bonds. The predicted molar refractivity (Wildman–Crippen MR) is 55.6 cm³/mol.